The number of aliphatic hydroxyl groups excluding tert-OH is 1. The molecule has 1 aromatic heterocycles. The number of nitrogen functional groups attached to an aromatic ring is 1. The normalized spacial score (nSPS) is 10.9. The second kappa shape index (κ2) is 7.13. The summed E-state index contributed by atoms with van der Waals surface area (Å²) < 4.78 is 5.07. The topological polar surface area (TPSA) is 84.5 Å². The van der Waals surface area contributed by atoms with Gasteiger partial charge in [-0.05, 0) is 5.92 Å². The highest BCUT2D eigenvalue weighted by atomic mass is 16.5. The fourth-order valence-corrected chi connectivity index (χ4v) is 1.85. The van der Waals surface area contributed by atoms with Crippen molar-refractivity contribution in [2.45, 2.75) is 19.8 Å². The van der Waals surface area contributed by atoms with Gasteiger partial charge in [-0.3, -0.25) is 0 Å². The van der Waals surface area contributed by atoms with E-state index < -0.39 is 0 Å². The minimum atomic E-state index is 0.0607. The zero-order chi connectivity index (χ0) is 13.5. The third-order valence-corrected chi connectivity index (χ3v) is 2.71. The van der Waals surface area contributed by atoms with E-state index in [1.165, 1.54) is 6.33 Å². The first-order valence-corrected chi connectivity index (χ1v) is 6.06. The van der Waals surface area contributed by atoms with Crippen LogP contribution < -0.4 is 10.6 Å². The van der Waals surface area contributed by atoms with Crippen molar-refractivity contribution in [3.63, 3.8) is 0 Å². The summed E-state index contributed by atoms with van der Waals surface area (Å²) in [5.41, 5.74) is 6.83. The maximum Gasteiger partial charge on any atom is 0.137 e. The summed E-state index contributed by atoms with van der Waals surface area (Å²) >= 11 is 0. The van der Waals surface area contributed by atoms with Crippen molar-refractivity contribution in [3.8, 4) is 0 Å². The van der Waals surface area contributed by atoms with E-state index in [0.29, 0.717) is 25.5 Å². The van der Waals surface area contributed by atoms with Gasteiger partial charge in [-0.25, -0.2) is 9.97 Å². The first-order chi connectivity index (χ1) is 8.61. The lowest BCUT2D eigenvalue weighted by molar-refractivity contribution is 0.202. The maximum absolute atomic E-state index is 9.14. The maximum atomic E-state index is 9.14. The molecule has 0 aliphatic carbocycles. The molecule has 0 atom stereocenters. The van der Waals surface area contributed by atoms with Crippen molar-refractivity contribution in [2.75, 3.05) is 44.0 Å². The first-order valence-electron chi connectivity index (χ1n) is 6.06. The number of hydrogen-bond acceptors (Lipinski definition) is 6. The van der Waals surface area contributed by atoms with Gasteiger partial charge < -0.3 is 20.5 Å². The Labute approximate surface area is 108 Å². The van der Waals surface area contributed by atoms with E-state index in [1.807, 2.05) is 18.7 Å². The van der Waals surface area contributed by atoms with Gasteiger partial charge in [0.25, 0.3) is 0 Å². The van der Waals surface area contributed by atoms with Gasteiger partial charge in [0.05, 0.1) is 13.2 Å². The zero-order valence-corrected chi connectivity index (χ0v) is 11.3. The molecule has 0 saturated carbocycles. The summed E-state index contributed by atoms with van der Waals surface area (Å²) in [4.78, 5) is 10.3. The van der Waals surface area contributed by atoms with E-state index in [1.54, 1.807) is 7.11 Å². The average molecular weight is 254 g/mol. The Morgan fingerprint density at radius 1 is 1.39 bits per heavy atom. The second-order valence-corrected chi connectivity index (χ2v) is 4.35. The molecule has 1 rings (SSSR count). The molecule has 6 heteroatoms. The Kier molecular flexibility index (Phi) is 5.80. The van der Waals surface area contributed by atoms with Crippen LogP contribution in [0.3, 0.4) is 0 Å². The average Bonchev–Trinajstić information content (AvgIpc) is 2.33. The second-order valence-electron chi connectivity index (χ2n) is 4.35. The lowest BCUT2D eigenvalue weighted by Gasteiger charge is -2.26. The van der Waals surface area contributed by atoms with Gasteiger partial charge in [-0.15, -0.1) is 0 Å². The fraction of sp³-hybridized carbons (Fsp3) is 0.667. The molecule has 0 bridgehead atoms. The molecule has 0 aromatic carbocycles. The van der Waals surface area contributed by atoms with Crippen LogP contribution in [-0.2, 0) is 4.74 Å². The highest BCUT2D eigenvalue weighted by Crippen LogP contribution is 2.28. The molecule has 102 valence electrons. The van der Waals surface area contributed by atoms with Gasteiger partial charge >= 0.3 is 0 Å². The Bertz CT molecular complexity index is 371. The van der Waals surface area contributed by atoms with Crippen LogP contribution in [0.4, 0.5) is 11.6 Å². The number of nitrogens with two attached hydrogens (primary N) is 1. The SMILES string of the molecule is COCCN(CCO)c1ncnc(N)c1C(C)C. The standard InChI is InChI=1S/C12H22N4O2/c1-9(2)10-11(13)14-8-15-12(10)16(4-6-17)5-7-18-3/h8-9,17H,4-7H2,1-3H3,(H2,13,14,15). The lowest BCUT2D eigenvalue weighted by Crippen LogP contribution is -2.32. The number of ether oxygens (including phenoxy) is 1. The van der Waals surface area contributed by atoms with Crippen molar-refractivity contribution in [1.82, 2.24) is 9.97 Å². The van der Waals surface area contributed by atoms with Crippen molar-refractivity contribution in [3.05, 3.63) is 11.9 Å². The molecule has 18 heavy (non-hydrogen) atoms. The minimum Gasteiger partial charge on any atom is -0.395 e. The quantitative estimate of drug-likeness (QED) is 0.742. The molecule has 0 aliphatic rings. The molecule has 1 aromatic rings. The van der Waals surface area contributed by atoms with E-state index in [0.717, 1.165) is 11.4 Å². The molecule has 0 unspecified atom stereocenters. The van der Waals surface area contributed by atoms with E-state index in [-0.39, 0.29) is 12.5 Å². The molecule has 6 nitrogen and oxygen atoms in total. The largest absolute Gasteiger partial charge is 0.395 e. The number of methoxy groups -OCH3 is 1. The van der Waals surface area contributed by atoms with E-state index in [2.05, 4.69) is 9.97 Å². The van der Waals surface area contributed by atoms with Crippen molar-refractivity contribution in [1.29, 1.82) is 0 Å². The Hall–Kier alpha value is -1.40. The van der Waals surface area contributed by atoms with Crippen LogP contribution in [0.2, 0.25) is 0 Å². The summed E-state index contributed by atoms with van der Waals surface area (Å²) in [5.74, 6) is 1.50. The number of anilines is 2. The Balaban J connectivity index is 3.06. The summed E-state index contributed by atoms with van der Waals surface area (Å²) in [5, 5.41) is 9.14. The summed E-state index contributed by atoms with van der Waals surface area (Å²) in [7, 11) is 1.65. The minimum absolute atomic E-state index is 0.0607. The molecule has 0 fully saturated rings. The number of rotatable bonds is 7. The van der Waals surface area contributed by atoms with E-state index in [4.69, 9.17) is 15.6 Å². The number of aliphatic hydroxyl groups is 1. The van der Waals surface area contributed by atoms with Crippen LogP contribution in [0.5, 0.6) is 0 Å². The molecule has 0 spiro atoms. The smallest absolute Gasteiger partial charge is 0.137 e. The number of hydrogen-bond donors (Lipinski definition) is 2. The van der Waals surface area contributed by atoms with Crippen LogP contribution in [-0.4, -0.2) is 48.5 Å². The molecular formula is C12H22N4O2. The highest BCUT2D eigenvalue weighted by Gasteiger charge is 2.18. The number of nitrogens with zero attached hydrogens (tertiary/aromatic N) is 3. The lowest BCUT2D eigenvalue weighted by atomic mass is 10.0. The molecule has 1 heterocycles. The zero-order valence-electron chi connectivity index (χ0n) is 11.3. The van der Waals surface area contributed by atoms with Crippen LogP contribution in [0.25, 0.3) is 0 Å². The molecule has 3 N–H and O–H groups in total. The first kappa shape index (κ1) is 14.7. The van der Waals surface area contributed by atoms with E-state index in [9.17, 15) is 0 Å². The summed E-state index contributed by atoms with van der Waals surface area (Å²) in [6.45, 7) is 5.89. The van der Waals surface area contributed by atoms with Crippen LogP contribution in [0.1, 0.15) is 25.3 Å². The van der Waals surface area contributed by atoms with Gasteiger partial charge in [0.1, 0.15) is 18.0 Å². The predicted molar refractivity (Wildman–Crippen MR) is 71.7 cm³/mol. The monoisotopic (exact) mass is 254 g/mol. The van der Waals surface area contributed by atoms with Gasteiger partial charge in [0.15, 0.2) is 0 Å². The van der Waals surface area contributed by atoms with Gasteiger partial charge in [0.2, 0.25) is 0 Å². The van der Waals surface area contributed by atoms with Crippen molar-refractivity contribution in [2.24, 2.45) is 0 Å². The van der Waals surface area contributed by atoms with Crippen LogP contribution >= 0.6 is 0 Å². The van der Waals surface area contributed by atoms with Crippen molar-refractivity contribution < 1.29 is 9.84 Å². The van der Waals surface area contributed by atoms with Gasteiger partial charge in [0, 0.05) is 25.8 Å². The molecule has 0 saturated heterocycles. The molecule has 0 amide bonds. The third-order valence-electron chi connectivity index (χ3n) is 2.71. The van der Waals surface area contributed by atoms with Gasteiger partial charge in [-0.2, -0.15) is 0 Å². The van der Waals surface area contributed by atoms with E-state index >= 15 is 0 Å². The molecule has 0 aliphatic heterocycles. The van der Waals surface area contributed by atoms with Crippen LogP contribution in [0, 0.1) is 0 Å². The fourth-order valence-electron chi connectivity index (χ4n) is 1.85. The molecular weight excluding hydrogens is 232 g/mol. The van der Waals surface area contributed by atoms with Crippen molar-refractivity contribution >= 4 is 11.6 Å². The summed E-state index contributed by atoms with van der Waals surface area (Å²) in [6, 6.07) is 0. The van der Waals surface area contributed by atoms with Gasteiger partial charge in [-0.1, -0.05) is 13.8 Å². The summed E-state index contributed by atoms with van der Waals surface area (Å²) in [6.07, 6.45) is 1.45. The van der Waals surface area contributed by atoms with Crippen LogP contribution in [0.15, 0.2) is 6.33 Å². The third kappa shape index (κ3) is 3.54. The Morgan fingerprint density at radius 2 is 2.11 bits per heavy atom. The molecule has 0 radical (unpaired) electrons. The highest BCUT2D eigenvalue weighted by molar-refractivity contribution is 5.58. The Morgan fingerprint density at radius 3 is 2.67 bits per heavy atom. The predicted octanol–water partition coefficient (Wildman–Crippen LogP) is 0.627. The number of aromatic nitrogens is 2.